The molecule has 0 saturated heterocycles. The normalized spacial score (nSPS) is 10.6. The van der Waals surface area contributed by atoms with Gasteiger partial charge in [-0.25, -0.2) is 0 Å². The number of anilines is 1. The van der Waals surface area contributed by atoms with Crippen LogP contribution in [-0.4, -0.2) is 19.8 Å². The fourth-order valence-electron chi connectivity index (χ4n) is 2.85. The lowest BCUT2D eigenvalue weighted by Crippen LogP contribution is -2.09. The summed E-state index contributed by atoms with van der Waals surface area (Å²) in [5.41, 5.74) is 2.24. The van der Waals surface area contributed by atoms with Crippen molar-refractivity contribution in [3.8, 4) is 17.2 Å². The first-order chi connectivity index (χ1) is 14.7. The number of ether oxygens (including phenoxy) is 3. The highest BCUT2D eigenvalue weighted by Gasteiger charge is 2.01. The highest BCUT2D eigenvalue weighted by Crippen LogP contribution is 2.19. The van der Waals surface area contributed by atoms with Crippen molar-refractivity contribution in [2.24, 2.45) is 5.92 Å². The van der Waals surface area contributed by atoms with Gasteiger partial charge in [-0.15, -0.1) is 0 Å². The molecule has 0 aliphatic heterocycles. The van der Waals surface area contributed by atoms with E-state index >= 15 is 0 Å². The highest BCUT2D eigenvalue weighted by atomic mass is 16.5. The van der Waals surface area contributed by atoms with E-state index in [1.807, 2.05) is 60.7 Å². The van der Waals surface area contributed by atoms with Gasteiger partial charge in [0.15, 0.2) is 0 Å². The van der Waals surface area contributed by atoms with Crippen molar-refractivity contribution in [1.29, 1.82) is 0 Å². The van der Waals surface area contributed by atoms with Gasteiger partial charge in [0.05, 0.1) is 6.61 Å². The Hall–Kier alpha value is -3.14. The number of nitrogens with one attached hydrogen (secondary N) is 1. The molecule has 0 bridgehead atoms. The maximum absolute atomic E-state index is 5.83. The van der Waals surface area contributed by atoms with Crippen LogP contribution in [-0.2, 0) is 6.54 Å². The van der Waals surface area contributed by atoms with Gasteiger partial charge in [-0.3, -0.25) is 0 Å². The third kappa shape index (κ3) is 7.70. The molecule has 0 atom stereocenters. The number of para-hydroxylation sites is 1. The third-order valence-corrected chi connectivity index (χ3v) is 4.58. The number of rotatable bonds is 12. The molecule has 0 saturated carbocycles. The Bertz CT molecular complexity index is 863. The zero-order valence-electron chi connectivity index (χ0n) is 17.8. The van der Waals surface area contributed by atoms with E-state index in [-0.39, 0.29) is 0 Å². The molecule has 0 heterocycles. The summed E-state index contributed by atoms with van der Waals surface area (Å²) in [4.78, 5) is 0. The van der Waals surface area contributed by atoms with Crippen LogP contribution in [0.25, 0.3) is 0 Å². The molecular formula is C26H31NO3. The standard InChI is InChI=1S/C26H31NO3/c1-21(2)15-16-28-26-10-6-7-23(19-26)27-20-22-11-13-25(14-12-22)30-18-17-29-24-8-4-3-5-9-24/h3-14,19,21,27H,15-18,20H2,1-2H3. The lowest BCUT2D eigenvalue weighted by Gasteiger charge is -2.12. The molecule has 0 fully saturated rings. The van der Waals surface area contributed by atoms with Crippen LogP contribution in [0.1, 0.15) is 25.8 Å². The second-order valence-electron chi connectivity index (χ2n) is 7.57. The van der Waals surface area contributed by atoms with Gasteiger partial charge in [0, 0.05) is 18.3 Å². The Morgan fingerprint density at radius 1 is 0.667 bits per heavy atom. The van der Waals surface area contributed by atoms with Gasteiger partial charge in [-0.05, 0) is 54.3 Å². The van der Waals surface area contributed by atoms with Crippen molar-refractivity contribution < 1.29 is 14.2 Å². The summed E-state index contributed by atoms with van der Waals surface area (Å²) in [6.07, 6.45) is 1.06. The summed E-state index contributed by atoms with van der Waals surface area (Å²) >= 11 is 0. The molecule has 0 aromatic heterocycles. The van der Waals surface area contributed by atoms with Gasteiger partial charge in [-0.2, -0.15) is 0 Å². The second-order valence-corrected chi connectivity index (χ2v) is 7.57. The quantitative estimate of drug-likeness (QED) is 0.365. The molecule has 3 aromatic rings. The number of hydrogen-bond donors (Lipinski definition) is 1. The summed E-state index contributed by atoms with van der Waals surface area (Å²) in [6.45, 7) is 6.93. The second kappa shape index (κ2) is 11.8. The average Bonchev–Trinajstić information content (AvgIpc) is 2.77. The topological polar surface area (TPSA) is 39.7 Å². The van der Waals surface area contributed by atoms with Gasteiger partial charge >= 0.3 is 0 Å². The summed E-state index contributed by atoms with van der Waals surface area (Å²) in [7, 11) is 0. The zero-order chi connectivity index (χ0) is 21.0. The van der Waals surface area contributed by atoms with Gasteiger partial charge < -0.3 is 19.5 Å². The van der Waals surface area contributed by atoms with Crippen molar-refractivity contribution in [2.45, 2.75) is 26.8 Å². The summed E-state index contributed by atoms with van der Waals surface area (Å²) in [5, 5.41) is 3.45. The Kier molecular flexibility index (Phi) is 8.46. The Morgan fingerprint density at radius 2 is 1.30 bits per heavy atom. The molecule has 4 heteroatoms. The molecule has 0 amide bonds. The van der Waals surface area contributed by atoms with E-state index < -0.39 is 0 Å². The summed E-state index contributed by atoms with van der Waals surface area (Å²) in [6, 6.07) is 26.0. The van der Waals surface area contributed by atoms with Crippen molar-refractivity contribution in [3.63, 3.8) is 0 Å². The SMILES string of the molecule is CC(C)CCOc1cccc(NCc2ccc(OCCOc3ccccc3)cc2)c1. The van der Waals surface area contributed by atoms with Gasteiger partial charge in [0.2, 0.25) is 0 Å². The third-order valence-electron chi connectivity index (χ3n) is 4.58. The van der Waals surface area contributed by atoms with E-state index in [4.69, 9.17) is 14.2 Å². The van der Waals surface area contributed by atoms with Crippen LogP contribution >= 0.6 is 0 Å². The van der Waals surface area contributed by atoms with Crippen LogP contribution in [0.2, 0.25) is 0 Å². The molecule has 158 valence electrons. The predicted octanol–water partition coefficient (Wildman–Crippen LogP) is 6.18. The monoisotopic (exact) mass is 405 g/mol. The number of hydrogen-bond acceptors (Lipinski definition) is 4. The fourth-order valence-corrected chi connectivity index (χ4v) is 2.85. The maximum Gasteiger partial charge on any atom is 0.122 e. The summed E-state index contributed by atoms with van der Waals surface area (Å²) < 4.78 is 17.2. The predicted molar refractivity (Wildman–Crippen MR) is 123 cm³/mol. The Labute approximate surface area is 179 Å². The van der Waals surface area contributed by atoms with Crippen molar-refractivity contribution in [2.75, 3.05) is 25.1 Å². The molecule has 3 rings (SSSR count). The van der Waals surface area contributed by atoms with E-state index in [1.165, 1.54) is 5.56 Å². The minimum Gasteiger partial charge on any atom is -0.494 e. The van der Waals surface area contributed by atoms with Gasteiger partial charge in [-0.1, -0.05) is 50.2 Å². The molecule has 30 heavy (non-hydrogen) atoms. The van der Waals surface area contributed by atoms with Crippen molar-refractivity contribution in [1.82, 2.24) is 0 Å². The molecule has 0 spiro atoms. The van der Waals surface area contributed by atoms with Crippen LogP contribution in [0.5, 0.6) is 17.2 Å². The Morgan fingerprint density at radius 3 is 2.00 bits per heavy atom. The van der Waals surface area contributed by atoms with Crippen LogP contribution < -0.4 is 19.5 Å². The lowest BCUT2D eigenvalue weighted by molar-refractivity contribution is 0.217. The molecule has 4 nitrogen and oxygen atoms in total. The molecule has 1 N–H and O–H groups in total. The molecule has 0 radical (unpaired) electrons. The molecule has 0 unspecified atom stereocenters. The smallest absolute Gasteiger partial charge is 0.122 e. The highest BCUT2D eigenvalue weighted by molar-refractivity contribution is 5.48. The molecule has 3 aromatic carbocycles. The zero-order valence-corrected chi connectivity index (χ0v) is 17.8. The minimum atomic E-state index is 0.510. The van der Waals surface area contributed by atoms with E-state index in [0.717, 1.165) is 42.5 Å². The average molecular weight is 406 g/mol. The summed E-state index contributed by atoms with van der Waals surface area (Å²) in [5.74, 6) is 3.25. The first-order valence-corrected chi connectivity index (χ1v) is 10.6. The van der Waals surface area contributed by atoms with Crippen molar-refractivity contribution in [3.05, 3.63) is 84.4 Å². The first-order valence-electron chi connectivity index (χ1n) is 10.6. The van der Waals surface area contributed by atoms with Crippen LogP contribution in [0.15, 0.2) is 78.9 Å². The van der Waals surface area contributed by atoms with Gasteiger partial charge in [0.25, 0.3) is 0 Å². The first kappa shape index (κ1) is 21.6. The number of benzene rings is 3. The molecule has 0 aliphatic carbocycles. The fraction of sp³-hybridized carbons (Fsp3) is 0.308. The van der Waals surface area contributed by atoms with E-state index in [1.54, 1.807) is 0 Å². The van der Waals surface area contributed by atoms with E-state index in [2.05, 4.69) is 37.4 Å². The van der Waals surface area contributed by atoms with E-state index in [0.29, 0.717) is 19.1 Å². The molecular weight excluding hydrogens is 374 g/mol. The van der Waals surface area contributed by atoms with Crippen LogP contribution in [0.4, 0.5) is 5.69 Å². The Balaban J connectivity index is 1.39. The largest absolute Gasteiger partial charge is 0.494 e. The maximum atomic E-state index is 5.83. The van der Waals surface area contributed by atoms with Gasteiger partial charge in [0.1, 0.15) is 30.5 Å². The lowest BCUT2D eigenvalue weighted by atomic mass is 10.1. The van der Waals surface area contributed by atoms with Crippen LogP contribution in [0, 0.1) is 5.92 Å². The minimum absolute atomic E-state index is 0.510. The van der Waals surface area contributed by atoms with Crippen molar-refractivity contribution >= 4 is 5.69 Å². The van der Waals surface area contributed by atoms with E-state index in [9.17, 15) is 0 Å². The van der Waals surface area contributed by atoms with Crippen LogP contribution in [0.3, 0.4) is 0 Å². The molecule has 0 aliphatic rings.